The summed E-state index contributed by atoms with van der Waals surface area (Å²) >= 11 is 0. The van der Waals surface area contributed by atoms with Crippen molar-refractivity contribution < 1.29 is 4.74 Å². The molecule has 1 heteroatoms. The van der Waals surface area contributed by atoms with E-state index >= 15 is 0 Å². The molecular weight excluding hydrogens is 172 g/mol. The normalized spacial score (nSPS) is 36.7. The molecule has 0 aromatic carbocycles. The van der Waals surface area contributed by atoms with E-state index in [0.717, 1.165) is 0 Å². The molecule has 2 fully saturated rings. The first kappa shape index (κ1) is 10.2. The van der Waals surface area contributed by atoms with E-state index in [2.05, 4.69) is 19.9 Å². The molecular formula is C13H22O. The van der Waals surface area contributed by atoms with Crippen molar-refractivity contribution in [3.8, 4) is 0 Å². The summed E-state index contributed by atoms with van der Waals surface area (Å²) in [4.78, 5) is 0. The van der Waals surface area contributed by atoms with Crippen LogP contribution in [0.5, 0.6) is 0 Å². The monoisotopic (exact) mass is 194 g/mol. The van der Waals surface area contributed by atoms with Gasteiger partial charge in [0.2, 0.25) is 0 Å². The van der Waals surface area contributed by atoms with Gasteiger partial charge in [0.25, 0.3) is 0 Å². The Labute approximate surface area is 87.5 Å². The predicted octanol–water partition coefficient (Wildman–Crippen LogP) is 3.83. The number of unbranched alkanes of at least 4 members (excludes halogenated alkanes) is 2. The predicted molar refractivity (Wildman–Crippen MR) is 59.4 cm³/mol. The van der Waals surface area contributed by atoms with Crippen molar-refractivity contribution in [2.75, 3.05) is 0 Å². The van der Waals surface area contributed by atoms with Crippen LogP contribution < -0.4 is 0 Å². The molecule has 2 aliphatic heterocycles. The molecule has 0 radical (unpaired) electrons. The Kier molecular flexibility index (Phi) is 2.96. The third-order valence-electron chi connectivity index (χ3n) is 3.86. The molecule has 0 unspecified atom stereocenters. The molecule has 0 aromatic heterocycles. The second-order valence-electron chi connectivity index (χ2n) is 4.84. The van der Waals surface area contributed by atoms with Crippen LogP contribution >= 0.6 is 0 Å². The first-order valence-corrected chi connectivity index (χ1v) is 6.12. The molecule has 80 valence electrons. The van der Waals surface area contributed by atoms with Gasteiger partial charge in [-0.2, -0.15) is 0 Å². The molecule has 2 saturated heterocycles. The third kappa shape index (κ3) is 1.75. The quantitative estimate of drug-likeness (QED) is 0.488. The maximum Gasteiger partial charge on any atom is 0.0894 e. The fourth-order valence-corrected chi connectivity index (χ4v) is 2.81. The van der Waals surface area contributed by atoms with E-state index in [1.165, 1.54) is 50.5 Å². The van der Waals surface area contributed by atoms with Crippen LogP contribution in [0.3, 0.4) is 0 Å². The van der Waals surface area contributed by atoms with Crippen molar-refractivity contribution in [2.45, 2.75) is 70.5 Å². The summed E-state index contributed by atoms with van der Waals surface area (Å²) < 4.78 is 6.08. The van der Waals surface area contributed by atoms with Gasteiger partial charge in [0.15, 0.2) is 0 Å². The van der Waals surface area contributed by atoms with Crippen molar-refractivity contribution >= 4 is 0 Å². The van der Waals surface area contributed by atoms with Gasteiger partial charge in [-0.1, -0.05) is 25.8 Å². The molecule has 1 nitrogen and oxygen atoms in total. The van der Waals surface area contributed by atoms with Gasteiger partial charge in [-0.15, -0.1) is 0 Å². The van der Waals surface area contributed by atoms with E-state index < -0.39 is 0 Å². The molecule has 0 aliphatic carbocycles. The Hall–Kier alpha value is -0.300. The Bertz CT molecular complexity index is 221. The van der Waals surface area contributed by atoms with Crippen LogP contribution in [0.15, 0.2) is 11.6 Å². The van der Waals surface area contributed by atoms with Crippen molar-refractivity contribution in [3.05, 3.63) is 11.6 Å². The number of hydrogen-bond acceptors (Lipinski definition) is 1. The van der Waals surface area contributed by atoms with Crippen molar-refractivity contribution in [1.29, 1.82) is 0 Å². The number of fused-ring (bicyclic) bond motifs is 2. The minimum Gasteiger partial charge on any atom is -0.367 e. The topological polar surface area (TPSA) is 9.23 Å². The van der Waals surface area contributed by atoms with E-state index in [4.69, 9.17) is 4.74 Å². The number of allylic oxidation sites excluding steroid dienone is 1. The summed E-state index contributed by atoms with van der Waals surface area (Å²) in [6.45, 7) is 4.52. The standard InChI is InChI=1S/C13H22O/c1-3-4-5-6-11(2)13-9-7-12(14-13)8-10-13/h6,12H,3-5,7-10H2,1-2H3. The molecule has 2 bridgehead atoms. The summed E-state index contributed by atoms with van der Waals surface area (Å²) in [5.41, 5.74) is 1.68. The highest BCUT2D eigenvalue weighted by molar-refractivity contribution is 5.20. The lowest BCUT2D eigenvalue weighted by atomic mass is 9.83. The van der Waals surface area contributed by atoms with Crippen molar-refractivity contribution in [1.82, 2.24) is 0 Å². The molecule has 0 saturated carbocycles. The first-order valence-electron chi connectivity index (χ1n) is 6.12. The van der Waals surface area contributed by atoms with E-state index in [9.17, 15) is 0 Å². The van der Waals surface area contributed by atoms with Gasteiger partial charge in [0.1, 0.15) is 0 Å². The molecule has 0 amide bonds. The Morgan fingerprint density at radius 2 is 2.14 bits per heavy atom. The smallest absolute Gasteiger partial charge is 0.0894 e. The van der Waals surface area contributed by atoms with Gasteiger partial charge in [-0.25, -0.2) is 0 Å². The van der Waals surface area contributed by atoms with Crippen LogP contribution in [0.1, 0.15) is 58.8 Å². The van der Waals surface area contributed by atoms with Gasteiger partial charge in [-0.05, 0) is 44.6 Å². The lowest BCUT2D eigenvalue weighted by Gasteiger charge is -2.25. The number of ether oxygens (including phenoxy) is 1. The zero-order valence-corrected chi connectivity index (χ0v) is 9.51. The highest BCUT2D eigenvalue weighted by atomic mass is 16.5. The van der Waals surface area contributed by atoms with Gasteiger partial charge in [0.05, 0.1) is 11.7 Å². The van der Waals surface area contributed by atoms with Crippen LogP contribution in [0.25, 0.3) is 0 Å². The van der Waals surface area contributed by atoms with E-state index in [1.54, 1.807) is 0 Å². The zero-order chi connectivity index (χ0) is 10.0. The molecule has 2 rings (SSSR count). The Morgan fingerprint density at radius 1 is 1.43 bits per heavy atom. The number of hydrogen-bond donors (Lipinski definition) is 0. The molecule has 0 aromatic rings. The summed E-state index contributed by atoms with van der Waals surface area (Å²) in [6, 6.07) is 0. The van der Waals surface area contributed by atoms with Gasteiger partial charge >= 0.3 is 0 Å². The minimum absolute atomic E-state index is 0.179. The Balaban J connectivity index is 1.96. The average Bonchev–Trinajstić information content (AvgIpc) is 2.78. The zero-order valence-electron chi connectivity index (χ0n) is 9.51. The van der Waals surface area contributed by atoms with Gasteiger partial charge in [0, 0.05) is 0 Å². The lowest BCUT2D eigenvalue weighted by molar-refractivity contribution is 0.0414. The second kappa shape index (κ2) is 4.06. The van der Waals surface area contributed by atoms with Gasteiger partial charge < -0.3 is 4.74 Å². The van der Waals surface area contributed by atoms with Gasteiger partial charge in [-0.3, -0.25) is 0 Å². The maximum atomic E-state index is 6.08. The van der Waals surface area contributed by atoms with E-state index in [-0.39, 0.29) is 5.60 Å². The lowest BCUT2D eigenvalue weighted by Crippen LogP contribution is -2.25. The van der Waals surface area contributed by atoms with Crippen LogP contribution in [0.4, 0.5) is 0 Å². The van der Waals surface area contributed by atoms with Crippen molar-refractivity contribution in [2.24, 2.45) is 0 Å². The molecule has 14 heavy (non-hydrogen) atoms. The Morgan fingerprint density at radius 3 is 2.64 bits per heavy atom. The van der Waals surface area contributed by atoms with Crippen LogP contribution in [0.2, 0.25) is 0 Å². The summed E-state index contributed by atoms with van der Waals surface area (Å²) in [7, 11) is 0. The average molecular weight is 194 g/mol. The third-order valence-corrected chi connectivity index (χ3v) is 3.86. The summed E-state index contributed by atoms with van der Waals surface area (Å²) in [5, 5.41) is 0. The largest absolute Gasteiger partial charge is 0.367 e. The van der Waals surface area contributed by atoms with E-state index in [1.807, 2.05) is 0 Å². The number of rotatable bonds is 4. The fourth-order valence-electron chi connectivity index (χ4n) is 2.81. The SMILES string of the molecule is CCCCC=C(C)C12CCC(CC1)O2. The van der Waals surface area contributed by atoms with Crippen LogP contribution in [-0.4, -0.2) is 11.7 Å². The maximum absolute atomic E-state index is 6.08. The summed E-state index contributed by atoms with van der Waals surface area (Å²) in [6.07, 6.45) is 12.0. The first-order chi connectivity index (χ1) is 6.77. The molecule has 2 heterocycles. The minimum atomic E-state index is 0.179. The fraction of sp³-hybridized carbons (Fsp3) is 0.846. The van der Waals surface area contributed by atoms with Crippen LogP contribution in [-0.2, 0) is 4.74 Å². The molecule has 0 spiro atoms. The molecule has 0 atom stereocenters. The van der Waals surface area contributed by atoms with Crippen molar-refractivity contribution in [3.63, 3.8) is 0 Å². The highest BCUT2D eigenvalue weighted by Gasteiger charge is 2.46. The highest BCUT2D eigenvalue weighted by Crippen LogP contribution is 2.47. The molecule has 2 aliphatic rings. The van der Waals surface area contributed by atoms with Crippen LogP contribution in [0, 0.1) is 0 Å². The van der Waals surface area contributed by atoms with E-state index in [0.29, 0.717) is 6.10 Å². The summed E-state index contributed by atoms with van der Waals surface area (Å²) in [5.74, 6) is 0. The second-order valence-corrected chi connectivity index (χ2v) is 4.84. The molecule has 0 N–H and O–H groups in total.